The third kappa shape index (κ3) is 4.63. The van der Waals surface area contributed by atoms with Crippen molar-refractivity contribution in [2.75, 3.05) is 58.9 Å². The van der Waals surface area contributed by atoms with E-state index in [4.69, 9.17) is 0 Å². The van der Waals surface area contributed by atoms with Crippen LogP contribution >= 0.6 is 0 Å². The third-order valence-corrected chi connectivity index (χ3v) is 4.55. The molecule has 2 rings (SSSR count). The second-order valence-corrected chi connectivity index (χ2v) is 6.20. The van der Waals surface area contributed by atoms with Gasteiger partial charge in [-0.05, 0) is 31.8 Å². The van der Waals surface area contributed by atoms with Gasteiger partial charge in [-0.1, -0.05) is 13.8 Å². The summed E-state index contributed by atoms with van der Waals surface area (Å²) in [5.74, 6) is 0.807. The number of hydrogen-bond acceptors (Lipinski definition) is 3. The van der Waals surface area contributed by atoms with Gasteiger partial charge in [-0.15, -0.1) is 0 Å². The second kappa shape index (κ2) is 7.84. The van der Waals surface area contributed by atoms with Gasteiger partial charge < -0.3 is 20.0 Å². The van der Waals surface area contributed by atoms with Crippen LogP contribution in [0.1, 0.15) is 26.7 Å². The van der Waals surface area contributed by atoms with Crippen molar-refractivity contribution < 1.29 is 4.79 Å². The number of amides is 2. The van der Waals surface area contributed by atoms with E-state index in [1.807, 2.05) is 4.90 Å². The van der Waals surface area contributed by atoms with E-state index in [0.29, 0.717) is 0 Å². The van der Waals surface area contributed by atoms with E-state index in [1.54, 1.807) is 0 Å². The molecule has 1 atom stereocenters. The molecular formula is C15H30N4O. The highest BCUT2D eigenvalue weighted by atomic mass is 16.2. The Labute approximate surface area is 123 Å². The van der Waals surface area contributed by atoms with Crippen LogP contribution < -0.4 is 5.32 Å². The zero-order chi connectivity index (χ0) is 14.4. The molecule has 0 bridgehead atoms. The van der Waals surface area contributed by atoms with Crippen molar-refractivity contribution in [3.63, 3.8) is 0 Å². The monoisotopic (exact) mass is 282 g/mol. The minimum Gasteiger partial charge on any atom is -0.337 e. The van der Waals surface area contributed by atoms with Crippen molar-refractivity contribution in [1.29, 1.82) is 0 Å². The summed E-state index contributed by atoms with van der Waals surface area (Å²) < 4.78 is 0. The van der Waals surface area contributed by atoms with Crippen LogP contribution in [0.5, 0.6) is 0 Å². The molecule has 5 heteroatoms. The highest BCUT2D eigenvalue weighted by molar-refractivity contribution is 5.74. The first-order valence-electron chi connectivity index (χ1n) is 8.16. The number of carbonyl (C=O) groups excluding carboxylic acids is 1. The van der Waals surface area contributed by atoms with E-state index in [9.17, 15) is 4.79 Å². The van der Waals surface area contributed by atoms with Gasteiger partial charge in [-0.3, -0.25) is 0 Å². The zero-order valence-corrected chi connectivity index (χ0v) is 13.1. The van der Waals surface area contributed by atoms with E-state index in [2.05, 4.69) is 29.0 Å². The maximum absolute atomic E-state index is 12.1. The van der Waals surface area contributed by atoms with E-state index in [1.165, 1.54) is 25.9 Å². The molecule has 1 unspecified atom stereocenters. The Morgan fingerprint density at radius 1 is 1.15 bits per heavy atom. The third-order valence-electron chi connectivity index (χ3n) is 4.55. The maximum atomic E-state index is 12.1. The first kappa shape index (κ1) is 15.6. The number of nitrogens with zero attached hydrogens (tertiary/aromatic N) is 3. The molecule has 0 aromatic rings. The van der Waals surface area contributed by atoms with Crippen LogP contribution in [0.15, 0.2) is 0 Å². The van der Waals surface area contributed by atoms with Crippen molar-refractivity contribution in [2.45, 2.75) is 26.7 Å². The summed E-state index contributed by atoms with van der Waals surface area (Å²) in [4.78, 5) is 18.9. The summed E-state index contributed by atoms with van der Waals surface area (Å²) in [5.41, 5.74) is 0. The van der Waals surface area contributed by atoms with Crippen LogP contribution in [-0.4, -0.2) is 79.6 Å². The maximum Gasteiger partial charge on any atom is 0.317 e. The molecule has 116 valence electrons. The molecule has 2 amide bonds. The van der Waals surface area contributed by atoms with Gasteiger partial charge in [0, 0.05) is 45.8 Å². The standard InChI is InChI=1S/C15H30N4O/c1-3-17-9-11-19(12-10-17)15(20)16-6-8-18-7-4-5-14(2)13-18/h14H,3-13H2,1-2H3,(H,16,20). The van der Waals surface area contributed by atoms with Gasteiger partial charge in [0.05, 0.1) is 0 Å². The number of piperidine rings is 1. The number of piperazine rings is 1. The van der Waals surface area contributed by atoms with Gasteiger partial charge in [0.15, 0.2) is 0 Å². The molecule has 20 heavy (non-hydrogen) atoms. The number of hydrogen-bond donors (Lipinski definition) is 1. The number of nitrogens with one attached hydrogen (secondary N) is 1. The molecule has 0 radical (unpaired) electrons. The minimum atomic E-state index is 0.116. The molecule has 2 fully saturated rings. The average Bonchev–Trinajstić information content (AvgIpc) is 2.47. The Morgan fingerprint density at radius 2 is 1.90 bits per heavy atom. The quantitative estimate of drug-likeness (QED) is 0.838. The Hall–Kier alpha value is -0.810. The SMILES string of the molecule is CCN1CCN(C(=O)NCCN2CCCC(C)C2)CC1. The van der Waals surface area contributed by atoms with Crippen molar-refractivity contribution in [3.05, 3.63) is 0 Å². The predicted octanol–water partition coefficient (Wildman–Crippen LogP) is 1.07. The van der Waals surface area contributed by atoms with Crippen LogP contribution in [0.4, 0.5) is 4.79 Å². The molecule has 2 aliphatic rings. The van der Waals surface area contributed by atoms with Gasteiger partial charge in [-0.25, -0.2) is 4.79 Å². The van der Waals surface area contributed by atoms with E-state index < -0.39 is 0 Å². The average molecular weight is 282 g/mol. The van der Waals surface area contributed by atoms with Gasteiger partial charge in [-0.2, -0.15) is 0 Å². The lowest BCUT2D eigenvalue weighted by atomic mass is 10.0. The summed E-state index contributed by atoms with van der Waals surface area (Å²) in [7, 11) is 0. The molecule has 0 spiro atoms. The molecule has 1 N–H and O–H groups in total. The summed E-state index contributed by atoms with van der Waals surface area (Å²) in [6.45, 7) is 13.5. The van der Waals surface area contributed by atoms with Crippen LogP contribution in [0.25, 0.3) is 0 Å². The van der Waals surface area contributed by atoms with E-state index >= 15 is 0 Å². The van der Waals surface area contributed by atoms with Crippen LogP contribution in [-0.2, 0) is 0 Å². The van der Waals surface area contributed by atoms with Gasteiger partial charge in [0.25, 0.3) is 0 Å². The first-order valence-corrected chi connectivity index (χ1v) is 8.16. The highest BCUT2D eigenvalue weighted by Gasteiger charge is 2.20. The lowest BCUT2D eigenvalue weighted by molar-refractivity contribution is 0.140. The molecule has 2 heterocycles. The molecule has 0 aliphatic carbocycles. The molecule has 0 aromatic heterocycles. The molecule has 2 aliphatic heterocycles. The number of rotatable bonds is 4. The molecular weight excluding hydrogens is 252 g/mol. The lowest BCUT2D eigenvalue weighted by Crippen LogP contribution is -2.52. The summed E-state index contributed by atoms with van der Waals surface area (Å²) in [6, 6.07) is 0.116. The molecule has 2 saturated heterocycles. The minimum absolute atomic E-state index is 0.116. The highest BCUT2D eigenvalue weighted by Crippen LogP contribution is 2.14. The Kier molecular flexibility index (Phi) is 6.10. The van der Waals surface area contributed by atoms with Crippen molar-refractivity contribution >= 4 is 6.03 Å². The molecule has 0 aromatic carbocycles. The number of likely N-dealkylation sites (tertiary alicyclic amines) is 1. The fraction of sp³-hybridized carbons (Fsp3) is 0.933. The van der Waals surface area contributed by atoms with Crippen LogP contribution in [0, 0.1) is 5.92 Å². The molecule has 5 nitrogen and oxygen atoms in total. The Morgan fingerprint density at radius 3 is 2.55 bits per heavy atom. The number of likely N-dealkylation sites (N-methyl/N-ethyl adjacent to an activating group) is 1. The van der Waals surface area contributed by atoms with Gasteiger partial charge in [0.2, 0.25) is 0 Å². The van der Waals surface area contributed by atoms with Crippen molar-refractivity contribution in [2.24, 2.45) is 5.92 Å². The Balaban J connectivity index is 1.60. The smallest absolute Gasteiger partial charge is 0.317 e. The summed E-state index contributed by atoms with van der Waals surface area (Å²) in [5, 5.41) is 3.07. The first-order chi connectivity index (χ1) is 9.69. The number of urea groups is 1. The fourth-order valence-corrected chi connectivity index (χ4v) is 3.19. The second-order valence-electron chi connectivity index (χ2n) is 6.20. The largest absolute Gasteiger partial charge is 0.337 e. The fourth-order valence-electron chi connectivity index (χ4n) is 3.19. The summed E-state index contributed by atoms with van der Waals surface area (Å²) >= 11 is 0. The predicted molar refractivity (Wildman–Crippen MR) is 81.9 cm³/mol. The van der Waals surface area contributed by atoms with E-state index in [0.717, 1.165) is 51.7 Å². The van der Waals surface area contributed by atoms with Crippen LogP contribution in [0.3, 0.4) is 0 Å². The van der Waals surface area contributed by atoms with Gasteiger partial charge >= 0.3 is 6.03 Å². The van der Waals surface area contributed by atoms with Gasteiger partial charge in [0.1, 0.15) is 0 Å². The number of carbonyl (C=O) groups is 1. The van der Waals surface area contributed by atoms with Crippen molar-refractivity contribution in [1.82, 2.24) is 20.0 Å². The normalized spacial score (nSPS) is 25.7. The van der Waals surface area contributed by atoms with Crippen LogP contribution in [0.2, 0.25) is 0 Å². The molecule has 0 saturated carbocycles. The zero-order valence-electron chi connectivity index (χ0n) is 13.1. The Bertz CT molecular complexity index is 302. The van der Waals surface area contributed by atoms with E-state index in [-0.39, 0.29) is 6.03 Å². The lowest BCUT2D eigenvalue weighted by Gasteiger charge is -2.34. The van der Waals surface area contributed by atoms with Crippen molar-refractivity contribution in [3.8, 4) is 0 Å². The topological polar surface area (TPSA) is 38.8 Å². The summed E-state index contributed by atoms with van der Waals surface area (Å²) in [6.07, 6.45) is 2.65.